The molecule has 4 unspecified atom stereocenters. The maximum absolute atomic E-state index is 6.51. The van der Waals surface area contributed by atoms with Crippen LogP contribution in [-0.4, -0.2) is 29.6 Å². The summed E-state index contributed by atoms with van der Waals surface area (Å²) in [5.41, 5.74) is 0.419. The molecule has 1 fully saturated rings. The summed E-state index contributed by atoms with van der Waals surface area (Å²) in [5.74, 6) is 1.99. The molecule has 0 aromatic heterocycles. The number of ether oxygens (including phenoxy) is 1. The summed E-state index contributed by atoms with van der Waals surface area (Å²) in [6.45, 7) is 4.23. The fourth-order valence-electron chi connectivity index (χ4n) is 4.57. The molecule has 1 heterocycles. The van der Waals surface area contributed by atoms with E-state index in [1.54, 1.807) is 0 Å². The van der Waals surface area contributed by atoms with Crippen LogP contribution in [0.15, 0.2) is 54.6 Å². The number of anilines is 1. The summed E-state index contributed by atoms with van der Waals surface area (Å²) in [4.78, 5) is 11.9. The van der Waals surface area contributed by atoms with Crippen LogP contribution in [0.4, 0.5) is 5.69 Å². The molecular formula is C28H37NO3S2. The lowest BCUT2D eigenvalue weighted by Crippen LogP contribution is -2.56. The van der Waals surface area contributed by atoms with Gasteiger partial charge in [0.1, 0.15) is 5.60 Å². The van der Waals surface area contributed by atoms with Crippen molar-refractivity contribution in [2.24, 2.45) is 5.92 Å². The van der Waals surface area contributed by atoms with Gasteiger partial charge in [0.05, 0.1) is 0 Å². The van der Waals surface area contributed by atoms with Gasteiger partial charge < -0.3 is 10.1 Å². The van der Waals surface area contributed by atoms with E-state index < -0.39 is 11.9 Å². The Hall–Kier alpha value is -1.44. The zero-order valence-electron chi connectivity index (χ0n) is 20.2. The van der Waals surface area contributed by atoms with Crippen molar-refractivity contribution < 1.29 is 14.5 Å². The molecule has 0 spiro atoms. The second kappa shape index (κ2) is 12.0. The van der Waals surface area contributed by atoms with Gasteiger partial charge in [-0.15, -0.1) is 0 Å². The van der Waals surface area contributed by atoms with E-state index in [4.69, 9.17) is 14.5 Å². The summed E-state index contributed by atoms with van der Waals surface area (Å²) in [6, 6.07) is 19.4. The van der Waals surface area contributed by atoms with Gasteiger partial charge in [-0.05, 0) is 96.3 Å². The Bertz CT molecular complexity index is 1080. The Morgan fingerprint density at radius 3 is 2.29 bits per heavy atom. The maximum atomic E-state index is 6.51. The van der Waals surface area contributed by atoms with E-state index in [1.807, 2.05) is 0 Å². The molecule has 0 radical (unpaired) electrons. The van der Waals surface area contributed by atoms with E-state index in [0.29, 0.717) is 0 Å². The number of hydrogen-bond acceptors (Lipinski definition) is 6. The Kier molecular flexibility index (Phi) is 9.05. The highest BCUT2D eigenvalue weighted by Crippen LogP contribution is 2.36. The molecule has 1 saturated heterocycles. The Morgan fingerprint density at radius 1 is 0.882 bits per heavy atom. The second-order valence-corrected chi connectivity index (χ2v) is 10.6. The van der Waals surface area contributed by atoms with Gasteiger partial charge in [0, 0.05) is 11.6 Å². The van der Waals surface area contributed by atoms with Crippen molar-refractivity contribution in [2.45, 2.75) is 70.5 Å². The van der Waals surface area contributed by atoms with Crippen molar-refractivity contribution in [3.05, 3.63) is 54.6 Å². The standard InChI is InChI=1S/C28H37NO3S2/c1-20(9-5-7-15-33)26-30-27(28(2,32-31-26)14-6-8-16-34)29-25-13-12-23-17-21-10-3-4-11-22(21)18-24(23)19-25/h3-4,10-13,17-20,26-27,29,33-34H,5-9,14-16H2,1-2H3. The average molecular weight is 500 g/mol. The third-order valence-electron chi connectivity index (χ3n) is 6.77. The molecule has 0 saturated carbocycles. The van der Waals surface area contributed by atoms with Gasteiger partial charge in [-0.3, -0.25) is 0 Å². The van der Waals surface area contributed by atoms with Gasteiger partial charge in [-0.2, -0.15) is 25.3 Å². The van der Waals surface area contributed by atoms with Gasteiger partial charge in [0.25, 0.3) is 0 Å². The molecule has 4 rings (SSSR count). The van der Waals surface area contributed by atoms with E-state index >= 15 is 0 Å². The quantitative estimate of drug-likeness (QED) is 0.110. The zero-order valence-corrected chi connectivity index (χ0v) is 22.0. The molecule has 3 aromatic rings. The lowest BCUT2D eigenvalue weighted by Gasteiger charge is -2.44. The second-order valence-electron chi connectivity index (χ2n) is 9.66. The van der Waals surface area contributed by atoms with Gasteiger partial charge >= 0.3 is 0 Å². The normalized spacial score (nSPS) is 23.9. The van der Waals surface area contributed by atoms with Crippen LogP contribution in [-0.2, 0) is 14.5 Å². The van der Waals surface area contributed by atoms with Crippen LogP contribution in [0.1, 0.15) is 52.4 Å². The van der Waals surface area contributed by atoms with Gasteiger partial charge in [0.2, 0.25) is 0 Å². The number of benzene rings is 3. The highest BCUT2D eigenvalue weighted by atomic mass is 32.1. The van der Waals surface area contributed by atoms with Gasteiger partial charge in [0.15, 0.2) is 12.5 Å². The number of rotatable bonds is 11. The number of fused-ring (bicyclic) bond motifs is 2. The van der Waals surface area contributed by atoms with Crippen molar-refractivity contribution >= 4 is 52.5 Å². The predicted octanol–water partition coefficient (Wildman–Crippen LogP) is 7.63. The monoisotopic (exact) mass is 499 g/mol. The molecule has 1 aliphatic rings. The maximum Gasteiger partial charge on any atom is 0.196 e. The third-order valence-corrected chi connectivity index (χ3v) is 7.41. The molecule has 3 aromatic carbocycles. The summed E-state index contributed by atoms with van der Waals surface area (Å²) < 4.78 is 6.51. The van der Waals surface area contributed by atoms with Crippen LogP contribution in [0.2, 0.25) is 0 Å². The van der Waals surface area contributed by atoms with Gasteiger partial charge in [-0.25, -0.2) is 9.78 Å². The van der Waals surface area contributed by atoms with Crippen molar-refractivity contribution in [3.8, 4) is 0 Å². The molecule has 4 atom stereocenters. The summed E-state index contributed by atoms with van der Waals surface area (Å²) >= 11 is 8.69. The fraction of sp³-hybridized carbons (Fsp3) is 0.500. The van der Waals surface area contributed by atoms with Crippen LogP contribution in [0, 0.1) is 5.92 Å². The Morgan fingerprint density at radius 2 is 1.56 bits per heavy atom. The third kappa shape index (κ3) is 6.21. The average Bonchev–Trinajstić information content (AvgIpc) is 2.84. The molecule has 184 valence electrons. The highest BCUT2D eigenvalue weighted by molar-refractivity contribution is 7.80. The van der Waals surface area contributed by atoms with E-state index in [9.17, 15) is 0 Å². The number of unbranched alkanes of at least 4 members (excludes halogenated alkanes) is 2. The predicted molar refractivity (Wildman–Crippen MR) is 149 cm³/mol. The molecule has 0 amide bonds. The molecule has 1 aliphatic heterocycles. The lowest BCUT2D eigenvalue weighted by atomic mass is 9.95. The van der Waals surface area contributed by atoms with Crippen LogP contribution in [0.25, 0.3) is 21.5 Å². The van der Waals surface area contributed by atoms with Gasteiger partial charge in [-0.1, -0.05) is 43.7 Å². The first-order valence-corrected chi connectivity index (χ1v) is 13.7. The number of hydrogen-bond donors (Lipinski definition) is 3. The fourth-order valence-corrected chi connectivity index (χ4v) is 5.02. The highest BCUT2D eigenvalue weighted by Gasteiger charge is 2.45. The number of thiol groups is 2. The molecular weight excluding hydrogens is 462 g/mol. The van der Waals surface area contributed by atoms with Crippen LogP contribution < -0.4 is 5.32 Å². The van der Waals surface area contributed by atoms with Crippen LogP contribution in [0.5, 0.6) is 0 Å². The van der Waals surface area contributed by atoms with Crippen molar-refractivity contribution in [2.75, 3.05) is 16.8 Å². The zero-order chi connectivity index (χ0) is 24.0. The van der Waals surface area contributed by atoms with E-state index in [-0.39, 0.29) is 12.1 Å². The largest absolute Gasteiger partial charge is 0.358 e. The van der Waals surface area contributed by atoms with Crippen LogP contribution in [0.3, 0.4) is 0 Å². The van der Waals surface area contributed by atoms with E-state index in [1.165, 1.54) is 21.5 Å². The summed E-state index contributed by atoms with van der Waals surface area (Å²) in [6.07, 6.45) is 5.33. The first-order chi connectivity index (χ1) is 16.5. The number of nitrogens with one attached hydrogen (secondary N) is 1. The minimum absolute atomic E-state index is 0.231. The molecule has 34 heavy (non-hydrogen) atoms. The van der Waals surface area contributed by atoms with Crippen molar-refractivity contribution in [1.29, 1.82) is 0 Å². The van der Waals surface area contributed by atoms with Crippen LogP contribution >= 0.6 is 25.3 Å². The minimum atomic E-state index is -0.595. The van der Waals surface area contributed by atoms with Crippen molar-refractivity contribution in [1.82, 2.24) is 0 Å². The van der Waals surface area contributed by atoms with Crippen molar-refractivity contribution in [3.63, 3.8) is 0 Å². The topological polar surface area (TPSA) is 39.7 Å². The minimum Gasteiger partial charge on any atom is -0.358 e. The van der Waals surface area contributed by atoms with E-state index in [2.05, 4.69) is 99.0 Å². The first-order valence-electron chi connectivity index (χ1n) is 12.4. The molecule has 6 heteroatoms. The Labute approximate surface area is 214 Å². The molecule has 4 nitrogen and oxygen atoms in total. The smallest absolute Gasteiger partial charge is 0.196 e. The molecule has 0 bridgehead atoms. The lowest BCUT2D eigenvalue weighted by molar-refractivity contribution is -0.491. The van der Waals surface area contributed by atoms with E-state index in [0.717, 1.165) is 55.7 Å². The Balaban J connectivity index is 1.54. The SMILES string of the molecule is CC(CCCCS)C1OOC(C)(CCCCS)C(Nc2ccc3cc4ccccc4cc3c2)O1. The molecule has 0 aliphatic carbocycles. The summed E-state index contributed by atoms with van der Waals surface area (Å²) in [7, 11) is 0. The first kappa shape index (κ1) is 25.6. The molecule has 1 N–H and O–H groups in total. The summed E-state index contributed by atoms with van der Waals surface area (Å²) in [5, 5.41) is 8.55.